The molecule has 0 aliphatic heterocycles. The molecule has 0 rings (SSSR count). The molecule has 0 aliphatic rings. The maximum atomic E-state index is 10.9. The van der Waals surface area contributed by atoms with Crippen molar-refractivity contribution in [2.75, 3.05) is 11.5 Å². The van der Waals surface area contributed by atoms with Crippen LogP contribution in [0.2, 0.25) is 0 Å². The van der Waals surface area contributed by atoms with Gasteiger partial charge in [-0.2, -0.15) is 19.2 Å². The highest BCUT2D eigenvalue weighted by Gasteiger charge is 1.96. The third-order valence-electron chi connectivity index (χ3n) is 2.37. The van der Waals surface area contributed by atoms with Crippen molar-refractivity contribution in [1.29, 1.82) is 2.67 Å². The minimum atomic E-state index is -3.31. The van der Waals surface area contributed by atoms with Crippen LogP contribution in [0.1, 0.15) is 40.5 Å². The van der Waals surface area contributed by atoms with Crippen molar-refractivity contribution in [1.82, 2.24) is 0 Å². The Kier molecular flexibility index (Phi) is 27.7. The molecule has 0 aliphatic carbocycles. The smallest absolute Gasteiger partial charge is 0.242 e. The summed E-state index contributed by atoms with van der Waals surface area (Å²) in [6, 6.07) is 0. The average molecular weight is 430 g/mol. The second-order valence-corrected chi connectivity index (χ2v) is 7.17. The number of carbonyl (C=O) groups excluding carboxylic acids is 4. The topological polar surface area (TPSA) is 102 Å². The zero-order valence-corrected chi connectivity index (χ0v) is 18.3. The summed E-state index contributed by atoms with van der Waals surface area (Å²) in [5, 5.41) is 0. The molecule has 0 spiro atoms. The van der Waals surface area contributed by atoms with Gasteiger partial charge < -0.3 is 0 Å². The average Bonchev–Trinajstić information content (AvgIpc) is 2.71. The largest absolute Gasteiger partial charge is 0.373 e. The Hall–Kier alpha value is -1.85. The van der Waals surface area contributed by atoms with Gasteiger partial charge in [0.15, 0.2) is 7.09 Å². The molecule has 0 atom stereocenters. The Balaban J connectivity index is -0.000000179. The molecule has 0 aromatic heterocycles. The van der Waals surface area contributed by atoms with Crippen molar-refractivity contribution in [2.45, 2.75) is 40.5 Å². The van der Waals surface area contributed by atoms with Crippen LogP contribution in [0.5, 0.6) is 0 Å². The summed E-state index contributed by atoms with van der Waals surface area (Å²) in [4.78, 5) is 32.5. The third-order valence-corrected chi connectivity index (χ3v) is 3.36. The normalized spacial score (nSPS) is 11.9. The fraction of sp³-hybridized carbons (Fsp3) is 0.444. The van der Waals surface area contributed by atoms with E-state index >= 15 is 0 Å². The molecule has 10 heteroatoms. The van der Waals surface area contributed by atoms with E-state index in [9.17, 15) is 8.42 Å². The highest BCUT2D eigenvalue weighted by molar-refractivity contribution is 8.19. The summed E-state index contributed by atoms with van der Waals surface area (Å²) in [7, 11) is -1.45. The van der Waals surface area contributed by atoms with Gasteiger partial charge in [-0.3, -0.25) is 0 Å². The van der Waals surface area contributed by atoms with Gasteiger partial charge in [0.25, 0.3) is 7.09 Å². The van der Waals surface area contributed by atoms with Crippen LogP contribution >= 0.6 is 11.6 Å². The van der Waals surface area contributed by atoms with Gasteiger partial charge in [0, 0.05) is 5.75 Å². The molecule has 0 heterocycles. The molecule has 0 amide bonds. The number of hydrogen-bond acceptors (Lipinski definition) is 7. The van der Waals surface area contributed by atoms with E-state index in [-0.39, 0.29) is 18.1 Å². The Labute approximate surface area is 177 Å². The van der Waals surface area contributed by atoms with Crippen LogP contribution in [0.4, 0.5) is 0 Å². The van der Waals surface area contributed by atoms with Crippen LogP contribution in [-0.2, 0) is 28.9 Å². The first-order valence-corrected chi connectivity index (χ1v) is 10.8. The predicted molar refractivity (Wildman–Crippen MR) is 117 cm³/mol. The van der Waals surface area contributed by atoms with Gasteiger partial charge in [-0.25, -0.2) is 20.0 Å². The summed E-state index contributed by atoms with van der Waals surface area (Å²) in [6.45, 7) is 8.05. The molecule has 0 N–H and O–H groups in total. The highest BCUT2D eigenvalue weighted by Crippen LogP contribution is 1.99. The molecule has 0 aromatic carbocycles. The SMILES string of the molecule is O=C=O.O=C=O.[3H][B]S(=O)(=O)C/C=C(C)/C=C/CC.[3H][B]SC/C=C(C)/C=C/CC. The van der Waals surface area contributed by atoms with E-state index in [1.165, 1.54) is 24.3 Å². The molecule has 0 saturated carbocycles. The van der Waals surface area contributed by atoms with Gasteiger partial charge in [-0.1, -0.05) is 61.4 Å². The van der Waals surface area contributed by atoms with E-state index in [2.05, 4.69) is 32.1 Å². The van der Waals surface area contributed by atoms with Crippen molar-refractivity contribution in [2.24, 2.45) is 0 Å². The van der Waals surface area contributed by atoms with E-state index in [0.717, 1.165) is 24.2 Å². The first-order chi connectivity index (χ1) is 14.2. The van der Waals surface area contributed by atoms with Crippen LogP contribution in [-0.4, -0.2) is 49.1 Å². The maximum Gasteiger partial charge on any atom is 0.373 e. The summed E-state index contributed by atoms with van der Waals surface area (Å²) >= 11 is 1.50. The minimum Gasteiger partial charge on any atom is -0.242 e. The molecule has 28 heavy (non-hydrogen) atoms. The lowest BCUT2D eigenvalue weighted by atomic mass is 10.2. The molecule has 0 unspecified atom stereocenters. The van der Waals surface area contributed by atoms with Crippen LogP contribution in [0.3, 0.4) is 0 Å². The standard InChI is InChI=1S/C8H14BO2S.C8H14BS.2CO2/c1-3-4-5-8(2)6-7-12(9,10)11;1-3-4-5-8(2)6-7-10-9;2*2-1-3/h4-6,9H,3,7H2,1-2H3;4-6,9H,3,7H2,1-2H3;;/b2*5-4+,8-6+;;/i2*9T;;. The quantitative estimate of drug-likeness (QED) is 0.298. The van der Waals surface area contributed by atoms with E-state index in [1.54, 1.807) is 6.08 Å². The lowest BCUT2D eigenvalue weighted by Gasteiger charge is -1.92. The van der Waals surface area contributed by atoms with Crippen molar-refractivity contribution in [3.8, 4) is 0 Å². The molecule has 154 valence electrons. The Morgan fingerprint density at radius 1 is 0.964 bits per heavy atom. The lowest BCUT2D eigenvalue weighted by molar-refractivity contribution is -0.193. The van der Waals surface area contributed by atoms with Crippen LogP contribution < -0.4 is 0 Å². The lowest BCUT2D eigenvalue weighted by Crippen LogP contribution is -2.01. The fourth-order valence-corrected chi connectivity index (χ4v) is 2.03. The minimum absolute atomic E-state index is 0.0869. The van der Waals surface area contributed by atoms with Gasteiger partial charge in [0.05, 0.1) is 15.4 Å². The van der Waals surface area contributed by atoms with E-state index in [0.29, 0.717) is 7.09 Å². The molecular weight excluding hydrogens is 398 g/mol. The van der Waals surface area contributed by atoms with Gasteiger partial charge in [-0.05, 0) is 29.4 Å². The van der Waals surface area contributed by atoms with Crippen LogP contribution in [0, 0.1) is 0 Å². The number of hydrogen-bond donors (Lipinski definition) is 0. The first kappa shape index (κ1) is 28.4. The van der Waals surface area contributed by atoms with Crippen LogP contribution in [0.15, 0.2) is 47.6 Å². The van der Waals surface area contributed by atoms with Gasteiger partial charge in [0.2, 0.25) is 0 Å². The van der Waals surface area contributed by atoms with Crippen molar-refractivity contribution in [3.05, 3.63) is 47.6 Å². The van der Waals surface area contributed by atoms with Gasteiger partial charge in [0.1, 0.15) is 0 Å². The van der Waals surface area contributed by atoms with Gasteiger partial charge >= 0.3 is 12.3 Å². The summed E-state index contributed by atoms with van der Waals surface area (Å²) < 4.78 is 35.1. The Morgan fingerprint density at radius 3 is 1.75 bits per heavy atom. The second kappa shape index (κ2) is 27.4. The van der Waals surface area contributed by atoms with Crippen molar-refractivity contribution in [3.63, 3.8) is 0 Å². The third kappa shape index (κ3) is 49.6. The molecule has 6 nitrogen and oxygen atoms in total. The predicted octanol–water partition coefficient (Wildman–Crippen LogP) is 2.41. The number of rotatable bonds is 10. The summed E-state index contributed by atoms with van der Waals surface area (Å²) in [5.41, 5.74) is 2.19. The fourth-order valence-electron chi connectivity index (χ4n) is 1.17. The molecule has 0 fully saturated rings. The van der Waals surface area contributed by atoms with E-state index in [4.69, 9.17) is 21.8 Å². The van der Waals surface area contributed by atoms with Crippen molar-refractivity contribution >= 4 is 47.8 Å². The van der Waals surface area contributed by atoms with Crippen LogP contribution in [0.25, 0.3) is 0 Å². The second-order valence-electron chi connectivity index (χ2n) is 4.85. The molecule has 0 saturated heterocycles. The van der Waals surface area contributed by atoms with E-state index < -0.39 is 9.69 Å². The zero-order chi connectivity index (χ0) is 24.3. The number of allylic oxidation sites excluding steroid dienone is 6. The maximum absolute atomic E-state index is 10.9. The summed E-state index contributed by atoms with van der Waals surface area (Å²) in [5.74, 6) is 0.819. The monoisotopic (exact) mass is 430 g/mol. The Bertz CT molecular complexity index is 681. The van der Waals surface area contributed by atoms with Crippen molar-refractivity contribution < 1.29 is 27.6 Å². The highest BCUT2D eigenvalue weighted by atomic mass is 32.2. The zero-order valence-electron chi connectivity index (χ0n) is 18.7. The molecule has 0 bridgehead atoms. The Morgan fingerprint density at radius 2 is 1.39 bits per heavy atom. The first-order valence-electron chi connectivity index (χ1n) is 9.22. The molecular formula is C18H28B2O6S2. The van der Waals surface area contributed by atoms with Gasteiger partial charge in [-0.15, -0.1) is 0 Å². The van der Waals surface area contributed by atoms with E-state index in [1.807, 2.05) is 26.0 Å². The molecule has 2 radical (unpaired) electrons. The molecule has 0 aromatic rings. The summed E-state index contributed by atoms with van der Waals surface area (Å²) in [6.07, 6.45) is 14.3.